The highest BCUT2D eigenvalue weighted by atomic mass is 19.4. The first-order valence-corrected chi connectivity index (χ1v) is 6.81. The van der Waals surface area contributed by atoms with Crippen molar-refractivity contribution >= 4 is 5.69 Å². The van der Waals surface area contributed by atoms with E-state index in [0.29, 0.717) is 12.2 Å². The average Bonchev–Trinajstić information content (AvgIpc) is 2.72. The summed E-state index contributed by atoms with van der Waals surface area (Å²) < 4.78 is 38.6. The number of halogens is 3. The van der Waals surface area contributed by atoms with Crippen LogP contribution in [0.3, 0.4) is 0 Å². The van der Waals surface area contributed by atoms with Gasteiger partial charge < -0.3 is 4.90 Å². The fourth-order valence-electron chi connectivity index (χ4n) is 3.19. The number of benzene rings is 2. The second-order valence-electron chi connectivity index (χ2n) is 5.78. The molecular weight excluding hydrogens is 275 g/mol. The van der Waals surface area contributed by atoms with Gasteiger partial charge in [0.2, 0.25) is 0 Å². The molecular formula is C17H16F3N. The van der Waals surface area contributed by atoms with Gasteiger partial charge in [0.15, 0.2) is 0 Å². The zero-order valence-corrected chi connectivity index (χ0v) is 11.9. The highest BCUT2D eigenvalue weighted by molar-refractivity contribution is 5.66. The first-order chi connectivity index (χ1) is 9.82. The van der Waals surface area contributed by atoms with Crippen molar-refractivity contribution in [1.29, 1.82) is 0 Å². The van der Waals surface area contributed by atoms with E-state index in [1.165, 1.54) is 12.1 Å². The molecule has 0 aliphatic carbocycles. The molecule has 21 heavy (non-hydrogen) atoms. The van der Waals surface area contributed by atoms with Gasteiger partial charge in [-0.2, -0.15) is 13.2 Å². The van der Waals surface area contributed by atoms with Crippen LogP contribution in [0.5, 0.6) is 0 Å². The van der Waals surface area contributed by atoms with Gasteiger partial charge in [-0.3, -0.25) is 0 Å². The molecule has 0 N–H and O–H groups in total. The maximum Gasteiger partial charge on any atom is 0.416 e. The van der Waals surface area contributed by atoms with Crippen LogP contribution in [0.15, 0.2) is 48.5 Å². The first kappa shape index (κ1) is 14.0. The lowest BCUT2D eigenvalue weighted by molar-refractivity contribution is -0.137. The zero-order chi connectivity index (χ0) is 15.3. The van der Waals surface area contributed by atoms with Crippen molar-refractivity contribution in [1.82, 2.24) is 0 Å². The molecule has 0 radical (unpaired) electrons. The van der Waals surface area contributed by atoms with Crippen molar-refractivity contribution < 1.29 is 13.2 Å². The Morgan fingerprint density at radius 2 is 1.71 bits per heavy atom. The number of fused-ring (bicyclic) bond motifs is 1. The maximum atomic E-state index is 12.9. The van der Waals surface area contributed by atoms with E-state index in [0.717, 1.165) is 11.1 Å². The lowest BCUT2D eigenvalue weighted by Gasteiger charge is -2.26. The van der Waals surface area contributed by atoms with Crippen LogP contribution < -0.4 is 4.90 Å². The molecule has 0 saturated heterocycles. The third-order valence-electron chi connectivity index (χ3n) is 4.30. The van der Waals surface area contributed by atoms with Crippen molar-refractivity contribution in [2.75, 3.05) is 18.5 Å². The van der Waals surface area contributed by atoms with Crippen LogP contribution in [0, 0.1) is 0 Å². The highest BCUT2D eigenvalue weighted by Crippen LogP contribution is 2.46. The SMILES string of the molecule is CN1C[C@](C)(c2ccccc2)c2ccc(C(F)(F)F)cc21. The summed E-state index contributed by atoms with van der Waals surface area (Å²) in [5.41, 5.74) is 1.86. The van der Waals surface area contributed by atoms with Crippen molar-refractivity contribution in [3.05, 3.63) is 65.2 Å². The largest absolute Gasteiger partial charge is 0.416 e. The van der Waals surface area contributed by atoms with E-state index in [-0.39, 0.29) is 5.41 Å². The molecule has 0 bridgehead atoms. The normalized spacial score (nSPS) is 21.5. The first-order valence-electron chi connectivity index (χ1n) is 6.81. The van der Waals surface area contributed by atoms with E-state index in [9.17, 15) is 13.2 Å². The van der Waals surface area contributed by atoms with Gasteiger partial charge in [-0.1, -0.05) is 36.4 Å². The fourth-order valence-corrected chi connectivity index (χ4v) is 3.19. The number of anilines is 1. The molecule has 0 amide bonds. The predicted molar refractivity (Wildman–Crippen MR) is 77.6 cm³/mol. The van der Waals surface area contributed by atoms with Crippen LogP contribution in [0.4, 0.5) is 18.9 Å². The molecule has 1 nitrogen and oxygen atoms in total. The second-order valence-corrected chi connectivity index (χ2v) is 5.78. The molecule has 3 rings (SSSR count). The van der Waals surface area contributed by atoms with Crippen molar-refractivity contribution in [2.45, 2.75) is 18.5 Å². The number of rotatable bonds is 1. The Morgan fingerprint density at radius 3 is 2.33 bits per heavy atom. The number of nitrogens with zero attached hydrogens (tertiary/aromatic N) is 1. The molecule has 0 saturated carbocycles. The third-order valence-corrected chi connectivity index (χ3v) is 4.30. The van der Waals surface area contributed by atoms with Gasteiger partial charge in [-0.25, -0.2) is 0 Å². The van der Waals surface area contributed by atoms with E-state index in [1.807, 2.05) is 42.3 Å². The molecule has 1 atom stereocenters. The molecule has 2 aromatic rings. The van der Waals surface area contributed by atoms with Crippen molar-refractivity contribution in [2.24, 2.45) is 0 Å². The monoisotopic (exact) mass is 291 g/mol. The van der Waals surface area contributed by atoms with E-state index in [4.69, 9.17) is 0 Å². The predicted octanol–water partition coefficient (Wildman–Crippen LogP) is 4.46. The molecule has 4 heteroatoms. The van der Waals surface area contributed by atoms with Gasteiger partial charge in [0.25, 0.3) is 0 Å². The van der Waals surface area contributed by atoms with Crippen LogP contribution in [-0.4, -0.2) is 13.6 Å². The molecule has 0 aromatic heterocycles. The van der Waals surface area contributed by atoms with Gasteiger partial charge in [0.1, 0.15) is 0 Å². The average molecular weight is 291 g/mol. The summed E-state index contributed by atoms with van der Waals surface area (Å²) in [6.45, 7) is 2.76. The lowest BCUT2D eigenvalue weighted by Crippen LogP contribution is -2.29. The maximum absolute atomic E-state index is 12.9. The Kier molecular flexibility index (Phi) is 3.01. The topological polar surface area (TPSA) is 3.24 Å². The Labute approximate surface area is 122 Å². The van der Waals surface area contributed by atoms with Gasteiger partial charge in [-0.05, 0) is 30.2 Å². The second kappa shape index (κ2) is 4.52. The summed E-state index contributed by atoms with van der Waals surface area (Å²) in [6, 6.07) is 14.0. The molecule has 1 aliphatic heterocycles. The summed E-state index contributed by atoms with van der Waals surface area (Å²) in [5.74, 6) is 0. The molecule has 0 fully saturated rings. The summed E-state index contributed by atoms with van der Waals surface area (Å²) in [7, 11) is 1.84. The molecule has 0 unspecified atom stereocenters. The van der Waals surface area contributed by atoms with Crippen LogP contribution in [0.25, 0.3) is 0 Å². The molecule has 2 aromatic carbocycles. The van der Waals surface area contributed by atoms with Crippen molar-refractivity contribution in [3.63, 3.8) is 0 Å². The van der Waals surface area contributed by atoms with E-state index in [2.05, 4.69) is 6.92 Å². The summed E-state index contributed by atoms with van der Waals surface area (Å²) in [4.78, 5) is 1.90. The minimum atomic E-state index is -4.30. The minimum Gasteiger partial charge on any atom is -0.373 e. The lowest BCUT2D eigenvalue weighted by atomic mass is 9.78. The molecule has 0 spiro atoms. The van der Waals surface area contributed by atoms with E-state index < -0.39 is 11.7 Å². The fraction of sp³-hybridized carbons (Fsp3) is 0.294. The number of alkyl halides is 3. The third kappa shape index (κ3) is 2.19. The van der Waals surface area contributed by atoms with Gasteiger partial charge in [-0.15, -0.1) is 0 Å². The Hall–Kier alpha value is -1.97. The van der Waals surface area contributed by atoms with Crippen LogP contribution in [0.1, 0.15) is 23.6 Å². The molecule has 1 aliphatic rings. The van der Waals surface area contributed by atoms with Gasteiger partial charge in [0, 0.05) is 24.7 Å². The summed E-state index contributed by atoms with van der Waals surface area (Å²) >= 11 is 0. The Bertz CT molecular complexity index is 663. The van der Waals surface area contributed by atoms with Crippen LogP contribution in [-0.2, 0) is 11.6 Å². The summed E-state index contributed by atoms with van der Waals surface area (Å²) in [5, 5.41) is 0. The molecule has 1 heterocycles. The Morgan fingerprint density at radius 1 is 1.05 bits per heavy atom. The number of hydrogen-bond donors (Lipinski definition) is 0. The number of hydrogen-bond acceptors (Lipinski definition) is 1. The van der Waals surface area contributed by atoms with E-state index >= 15 is 0 Å². The number of likely N-dealkylation sites (N-methyl/N-ethyl adjacent to an activating group) is 1. The standard InChI is InChI=1S/C17H16F3N/c1-16(12-6-4-3-5-7-12)11-21(2)15-10-13(17(18,19)20)8-9-14(15)16/h3-10H,11H2,1-2H3/t16-/m1/s1. The minimum absolute atomic E-state index is 0.282. The summed E-state index contributed by atoms with van der Waals surface area (Å²) in [6.07, 6.45) is -4.30. The van der Waals surface area contributed by atoms with Crippen LogP contribution >= 0.6 is 0 Å². The zero-order valence-electron chi connectivity index (χ0n) is 11.9. The smallest absolute Gasteiger partial charge is 0.373 e. The van der Waals surface area contributed by atoms with Gasteiger partial charge in [0.05, 0.1) is 5.56 Å². The highest BCUT2D eigenvalue weighted by Gasteiger charge is 2.41. The van der Waals surface area contributed by atoms with Gasteiger partial charge >= 0.3 is 6.18 Å². The molecule has 110 valence electrons. The Balaban J connectivity index is 2.13. The quantitative estimate of drug-likeness (QED) is 0.749. The van der Waals surface area contributed by atoms with E-state index in [1.54, 1.807) is 6.07 Å². The van der Waals surface area contributed by atoms with Crippen LogP contribution in [0.2, 0.25) is 0 Å². The van der Waals surface area contributed by atoms with Crippen molar-refractivity contribution in [3.8, 4) is 0 Å².